The second-order valence-electron chi connectivity index (χ2n) is 5.19. The van der Waals surface area contributed by atoms with Crippen molar-refractivity contribution in [3.05, 3.63) is 58.0 Å². The van der Waals surface area contributed by atoms with Gasteiger partial charge in [0.1, 0.15) is 17.6 Å². The van der Waals surface area contributed by atoms with Gasteiger partial charge >= 0.3 is 0 Å². The van der Waals surface area contributed by atoms with Crippen LogP contribution in [-0.4, -0.2) is 18.4 Å². The summed E-state index contributed by atoms with van der Waals surface area (Å²) in [6, 6.07) is 9.42. The fourth-order valence-electron chi connectivity index (χ4n) is 2.20. The molecule has 0 radical (unpaired) electrons. The molecule has 2 aromatic rings. The molecule has 0 fully saturated rings. The second-order valence-corrected chi connectivity index (χ2v) is 5.63. The van der Waals surface area contributed by atoms with Gasteiger partial charge in [-0.05, 0) is 37.6 Å². The molecule has 2 N–H and O–H groups in total. The average Bonchev–Trinajstić information content (AvgIpc) is 2.88. The van der Waals surface area contributed by atoms with Crippen molar-refractivity contribution in [1.29, 1.82) is 5.26 Å². The average molecular weight is 346 g/mol. The van der Waals surface area contributed by atoms with Crippen molar-refractivity contribution in [2.45, 2.75) is 19.9 Å². The van der Waals surface area contributed by atoms with Gasteiger partial charge in [0.05, 0.1) is 18.2 Å². The van der Waals surface area contributed by atoms with E-state index in [4.69, 9.17) is 16.0 Å². The lowest BCUT2D eigenvalue weighted by molar-refractivity contribution is -0.120. The van der Waals surface area contributed by atoms with E-state index < -0.39 is 17.9 Å². The maximum Gasteiger partial charge on any atom is 0.255 e. The molecule has 2 amide bonds. The number of amides is 2. The van der Waals surface area contributed by atoms with E-state index in [0.29, 0.717) is 27.7 Å². The van der Waals surface area contributed by atoms with Gasteiger partial charge in [0, 0.05) is 5.02 Å². The highest BCUT2D eigenvalue weighted by Gasteiger charge is 2.17. The number of carbonyl (C=O) groups excluding carboxylic acids is 2. The normalized spacial score (nSPS) is 11.4. The van der Waals surface area contributed by atoms with Crippen molar-refractivity contribution in [2.24, 2.45) is 0 Å². The number of hydrogen-bond donors (Lipinski definition) is 2. The first-order chi connectivity index (χ1) is 11.4. The number of benzene rings is 1. The summed E-state index contributed by atoms with van der Waals surface area (Å²) in [6.07, 6.45) is 0. The topological polar surface area (TPSA) is 95.1 Å². The van der Waals surface area contributed by atoms with Crippen LogP contribution >= 0.6 is 11.6 Å². The van der Waals surface area contributed by atoms with E-state index in [1.54, 1.807) is 44.2 Å². The maximum atomic E-state index is 12.0. The minimum absolute atomic E-state index is 0.249. The number of nitriles is 1. The summed E-state index contributed by atoms with van der Waals surface area (Å²) in [5.41, 5.74) is 0.956. The Bertz CT molecular complexity index is 808. The molecule has 1 atom stereocenters. The van der Waals surface area contributed by atoms with Gasteiger partial charge in [0.2, 0.25) is 5.91 Å². The molecule has 0 aliphatic heterocycles. The number of nitrogens with one attached hydrogen (secondary N) is 2. The van der Waals surface area contributed by atoms with Crippen LogP contribution in [0.3, 0.4) is 0 Å². The van der Waals surface area contributed by atoms with Crippen LogP contribution in [0.5, 0.6) is 0 Å². The molecule has 24 heavy (non-hydrogen) atoms. The molecular weight excluding hydrogens is 330 g/mol. The number of hydrogen-bond acceptors (Lipinski definition) is 4. The van der Waals surface area contributed by atoms with E-state index in [9.17, 15) is 14.9 Å². The first kappa shape index (κ1) is 17.6. The van der Waals surface area contributed by atoms with E-state index in [0.717, 1.165) is 0 Å². The molecule has 2 rings (SSSR count). The van der Waals surface area contributed by atoms with Crippen molar-refractivity contribution >= 4 is 23.4 Å². The summed E-state index contributed by atoms with van der Waals surface area (Å²) >= 11 is 5.88. The summed E-state index contributed by atoms with van der Waals surface area (Å²) in [5.74, 6) is 0.218. The van der Waals surface area contributed by atoms with Crippen molar-refractivity contribution in [3.63, 3.8) is 0 Å². The molecule has 1 heterocycles. The van der Waals surface area contributed by atoms with Gasteiger partial charge in [-0.1, -0.05) is 23.7 Å². The number of rotatable bonds is 5. The van der Waals surface area contributed by atoms with Crippen molar-refractivity contribution in [3.8, 4) is 6.07 Å². The van der Waals surface area contributed by atoms with Crippen molar-refractivity contribution in [2.75, 3.05) is 6.54 Å². The zero-order chi connectivity index (χ0) is 17.7. The number of carbonyl (C=O) groups is 2. The van der Waals surface area contributed by atoms with Crippen LogP contribution in [0.25, 0.3) is 0 Å². The van der Waals surface area contributed by atoms with E-state index in [1.165, 1.54) is 0 Å². The van der Waals surface area contributed by atoms with Crippen LogP contribution in [0.1, 0.15) is 33.5 Å². The fraction of sp³-hybridized carbons (Fsp3) is 0.235. The van der Waals surface area contributed by atoms with Crippen LogP contribution in [0, 0.1) is 25.2 Å². The van der Waals surface area contributed by atoms with E-state index >= 15 is 0 Å². The van der Waals surface area contributed by atoms with Crippen LogP contribution in [-0.2, 0) is 4.79 Å². The second kappa shape index (κ2) is 7.66. The van der Waals surface area contributed by atoms with Crippen molar-refractivity contribution < 1.29 is 14.0 Å². The van der Waals surface area contributed by atoms with Crippen LogP contribution in [0.2, 0.25) is 5.02 Å². The number of nitrogens with zero attached hydrogens (tertiary/aromatic N) is 1. The minimum Gasteiger partial charge on any atom is -0.466 e. The molecule has 1 aromatic heterocycles. The highest BCUT2D eigenvalue weighted by atomic mass is 35.5. The molecule has 0 spiro atoms. The highest BCUT2D eigenvalue weighted by molar-refractivity contribution is 6.30. The first-order valence-electron chi connectivity index (χ1n) is 7.20. The number of halogens is 1. The summed E-state index contributed by atoms with van der Waals surface area (Å²) in [6.45, 7) is 3.16. The van der Waals surface area contributed by atoms with Crippen LogP contribution in [0.4, 0.5) is 0 Å². The van der Waals surface area contributed by atoms with Gasteiger partial charge in [0.15, 0.2) is 0 Å². The largest absolute Gasteiger partial charge is 0.466 e. The zero-order valence-corrected chi connectivity index (χ0v) is 14.0. The molecule has 124 valence electrons. The Morgan fingerprint density at radius 1 is 1.33 bits per heavy atom. The quantitative estimate of drug-likeness (QED) is 0.870. The summed E-state index contributed by atoms with van der Waals surface area (Å²) in [7, 11) is 0. The molecular formula is C17H16ClN3O3. The zero-order valence-electron chi connectivity index (χ0n) is 13.2. The third-order valence-corrected chi connectivity index (χ3v) is 3.55. The molecule has 0 bridgehead atoms. The summed E-state index contributed by atoms with van der Waals surface area (Å²) in [5, 5.41) is 14.7. The van der Waals surface area contributed by atoms with Crippen LogP contribution in [0.15, 0.2) is 34.7 Å². The maximum absolute atomic E-state index is 12.0. The highest BCUT2D eigenvalue weighted by Crippen LogP contribution is 2.17. The molecule has 0 aliphatic rings. The van der Waals surface area contributed by atoms with Gasteiger partial charge in [-0.25, -0.2) is 0 Å². The Balaban J connectivity index is 1.94. The van der Waals surface area contributed by atoms with E-state index in [1.807, 2.05) is 6.07 Å². The lowest BCUT2D eigenvalue weighted by Gasteiger charge is -2.12. The monoisotopic (exact) mass is 345 g/mol. The Morgan fingerprint density at radius 3 is 2.67 bits per heavy atom. The third kappa shape index (κ3) is 4.37. The molecule has 6 nitrogen and oxygen atoms in total. The first-order valence-corrected chi connectivity index (χ1v) is 7.58. The van der Waals surface area contributed by atoms with E-state index in [2.05, 4.69) is 10.6 Å². The van der Waals surface area contributed by atoms with Gasteiger partial charge < -0.3 is 15.1 Å². The van der Waals surface area contributed by atoms with Gasteiger partial charge in [0.25, 0.3) is 5.91 Å². The Hall–Kier alpha value is -2.78. The van der Waals surface area contributed by atoms with Gasteiger partial charge in [-0.3, -0.25) is 9.59 Å². The smallest absolute Gasteiger partial charge is 0.255 e. The predicted molar refractivity (Wildman–Crippen MR) is 88.5 cm³/mol. The Morgan fingerprint density at radius 2 is 2.08 bits per heavy atom. The Labute approximate surface area is 144 Å². The molecule has 0 aliphatic carbocycles. The SMILES string of the molecule is Cc1cc(C(=O)NCC(=O)NC(C#N)c2cccc(Cl)c2)c(C)o1. The van der Waals surface area contributed by atoms with Gasteiger partial charge in [-0.15, -0.1) is 0 Å². The lowest BCUT2D eigenvalue weighted by atomic mass is 10.1. The predicted octanol–water partition coefficient (Wildman–Crippen LogP) is 2.66. The standard InChI is InChI=1S/C17H16ClN3O3/c1-10-6-14(11(2)24-10)17(23)20-9-16(22)21-15(8-19)12-4-3-5-13(18)7-12/h3-7,15H,9H2,1-2H3,(H,20,23)(H,21,22). The fourth-order valence-corrected chi connectivity index (χ4v) is 2.40. The summed E-state index contributed by atoms with van der Waals surface area (Å²) < 4.78 is 5.28. The van der Waals surface area contributed by atoms with Crippen LogP contribution < -0.4 is 10.6 Å². The van der Waals surface area contributed by atoms with Crippen molar-refractivity contribution in [1.82, 2.24) is 10.6 Å². The number of aryl methyl sites for hydroxylation is 2. The molecule has 0 saturated heterocycles. The van der Waals surface area contributed by atoms with E-state index in [-0.39, 0.29) is 6.54 Å². The Kier molecular flexibility index (Phi) is 5.61. The molecule has 1 aromatic carbocycles. The van der Waals surface area contributed by atoms with Gasteiger partial charge in [-0.2, -0.15) is 5.26 Å². The molecule has 7 heteroatoms. The number of furan rings is 1. The third-order valence-electron chi connectivity index (χ3n) is 3.31. The lowest BCUT2D eigenvalue weighted by Crippen LogP contribution is -2.38. The summed E-state index contributed by atoms with van der Waals surface area (Å²) in [4.78, 5) is 24.0. The minimum atomic E-state index is -0.842. The molecule has 0 saturated carbocycles. The molecule has 1 unspecified atom stereocenters.